The molecule has 1 aromatic carbocycles. The highest BCUT2D eigenvalue weighted by Crippen LogP contribution is 2.17. The first-order valence-corrected chi connectivity index (χ1v) is 4.61. The molecule has 0 atom stereocenters. The third-order valence-electron chi connectivity index (χ3n) is 2.03. The van der Waals surface area contributed by atoms with Crippen molar-refractivity contribution >= 4 is 5.69 Å². The van der Waals surface area contributed by atoms with Crippen molar-refractivity contribution in [1.82, 2.24) is 0 Å². The van der Waals surface area contributed by atoms with E-state index in [1.54, 1.807) is 0 Å². The Balaban J connectivity index is 2.92. The van der Waals surface area contributed by atoms with Gasteiger partial charge in [0, 0.05) is 5.69 Å². The number of aliphatic hydroxyl groups is 1. The van der Waals surface area contributed by atoms with E-state index in [0.717, 1.165) is 17.7 Å². The summed E-state index contributed by atoms with van der Waals surface area (Å²) in [5, 5.41) is 9.10. The number of rotatable bonds is 3. The molecule has 0 heterocycles. The molecule has 0 amide bonds. The van der Waals surface area contributed by atoms with Crippen molar-refractivity contribution in [3.63, 3.8) is 0 Å². The molecule has 2 heteroatoms. The Morgan fingerprint density at radius 2 is 2.00 bits per heavy atom. The average molecular weight is 179 g/mol. The van der Waals surface area contributed by atoms with Crippen molar-refractivity contribution in [2.75, 3.05) is 5.73 Å². The highest BCUT2D eigenvalue weighted by molar-refractivity contribution is 5.44. The zero-order chi connectivity index (χ0) is 9.84. The fourth-order valence-electron chi connectivity index (χ4n) is 1.43. The number of nitrogen functional groups attached to an aromatic ring is 1. The smallest absolute Gasteiger partial charge is 0.0685 e. The molecule has 0 bridgehead atoms. The first-order valence-electron chi connectivity index (χ1n) is 4.61. The van der Waals surface area contributed by atoms with Gasteiger partial charge in [-0.1, -0.05) is 19.9 Å². The summed E-state index contributed by atoms with van der Waals surface area (Å²) in [5.41, 5.74) is 8.49. The fourth-order valence-corrected chi connectivity index (χ4v) is 1.43. The van der Waals surface area contributed by atoms with Gasteiger partial charge in [-0.2, -0.15) is 0 Å². The standard InChI is InChI=1S/C11H17NO/c1-8(2)5-9-3-4-11(12)6-10(9)7-13/h3-4,6,8,13H,5,7,12H2,1-2H3. The zero-order valence-electron chi connectivity index (χ0n) is 8.25. The highest BCUT2D eigenvalue weighted by atomic mass is 16.3. The molecule has 0 saturated heterocycles. The molecule has 0 aliphatic heterocycles. The Bertz CT molecular complexity index is 281. The van der Waals surface area contributed by atoms with Crippen molar-refractivity contribution in [2.24, 2.45) is 5.92 Å². The summed E-state index contributed by atoms with van der Waals surface area (Å²) in [4.78, 5) is 0. The minimum atomic E-state index is 0.0765. The number of anilines is 1. The van der Waals surface area contributed by atoms with Crippen LogP contribution in [0.25, 0.3) is 0 Å². The van der Waals surface area contributed by atoms with E-state index < -0.39 is 0 Å². The van der Waals surface area contributed by atoms with Gasteiger partial charge in [-0.05, 0) is 35.6 Å². The molecular formula is C11H17NO. The maximum Gasteiger partial charge on any atom is 0.0685 e. The lowest BCUT2D eigenvalue weighted by molar-refractivity contribution is 0.280. The molecule has 1 rings (SSSR count). The molecule has 3 N–H and O–H groups in total. The van der Waals surface area contributed by atoms with Crippen LogP contribution in [0.5, 0.6) is 0 Å². The monoisotopic (exact) mass is 179 g/mol. The predicted molar refractivity (Wildman–Crippen MR) is 55.3 cm³/mol. The Labute approximate surface area is 79.4 Å². The van der Waals surface area contributed by atoms with Crippen LogP contribution in [0.2, 0.25) is 0 Å². The van der Waals surface area contributed by atoms with Crippen molar-refractivity contribution in [3.8, 4) is 0 Å². The molecule has 2 nitrogen and oxygen atoms in total. The van der Waals surface area contributed by atoms with E-state index in [1.165, 1.54) is 5.56 Å². The minimum absolute atomic E-state index is 0.0765. The molecule has 0 saturated carbocycles. The number of hydrogen-bond acceptors (Lipinski definition) is 2. The molecule has 13 heavy (non-hydrogen) atoms. The number of hydrogen-bond donors (Lipinski definition) is 2. The van der Waals surface area contributed by atoms with E-state index in [4.69, 9.17) is 10.8 Å². The topological polar surface area (TPSA) is 46.2 Å². The summed E-state index contributed by atoms with van der Waals surface area (Å²) in [5.74, 6) is 0.605. The third kappa shape index (κ3) is 2.74. The Morgan fingerprint density at radius 1 is 1.31 bits per heavy atom. The largest absolute Gasteiger partial charge is 0.399 e. The number of benzene rings is 1. The highest BCUT2D eigenvalue weighted by Gasteiger charge is 2.03. The zero-order valence-corrected chi connectivity index (χ0v) is 8.25. The normalized spacial score (nSPS) is 10.8. The van der Waals surface area contributed by atoms with E-state index in [-0.39, 0.29) is 6.61 Å². The van der Waals surface area contributed by atoms with Crippen molar-refractivity contribution < 1.29 is 5.11 Å². The molecule has 0 aromatic heterocycles. The van der Waals surface area contributed by atoms with E-state index >= 15 is 0 Å². The van der Waals surface area contributed by atoms with Gasteiger partial charge >= 0.3 is 0 Å². The molecule has 1 aromatic rings. The van der Waals surface area contributed by atoms with Crippen molar-refractivity contribution in [2.45, 2.75) is 26.9 Å². The van der Waals surface area contributed by atoms with Gasteiger partial charge in [0.25, 0.3) is 0 Å². The lowest BCUT2D eigenvalue weighted by Crippen LogP contribution is -2.00. The maximum absolute atomic E-state index is 9.10. The van der Waals surface area contributed by atoms with Crippen LogP contribution in [0.3, 0.4) is 0 Å². The second-order valence-electron chi connectivity index (χ2n) is 3.78. The van der Waals surface area contributed by atoms with Crippen LogP contribution < -0.4 is 5.73 Å². The third-order valence-corrected chi connectivity index (χ3v) is 2.03. The van der Waals surface area contributed by atoms with Gasteiger partial charge in [0.1, 0.15) is 0 Å². The van der Waals surface area contributed by atoms with Gasteiger partial charge in [0.15, 0.2) is 0 Å². The van der Waals surface area contributed by atoms with Gasteiger partial charge < -0.3 is 10.8 Å². The first-order chi connectivity index (χ1) is 6.13. The van der Waals surface area contributed by atoms with Gasteiger partial charge in [-0.15, -0.1) is 0 Å². The first kappa shape index (κ1) is 10.1. The Hall–Kier alpha value is -1.02. The summed E-state index contributed by atoms with van der Waals surface area (Å²) in [6.45, 7) is 4.40. The molecular weight excluding hydrogens is 162 g/mol. The van der Waals surface area contributed by atoms with Gasteiger partial charge in [-0.3, -0.25) is 0 Å². The lowest BCUT2D eigenvalue weighted by Gasteiger charge is -2.10. The van der Waals surface area contributed by atoms with Crippen LogP contribution in [-0.4, -0.2) is 5.11 Å². The fraction of sp³-hybridized carbons (Fsp3) is 0.455. The quantitative estimate of drug-likeness (QED) is 0.697. The van der Waals surface area contributed by atoms with E-state index in [1.807, 2.05) is 18.2 Å². The SMILES string of the molecule is CC(C)Cc1ccc(N)cc1CO. The molecule has 0 aliphatic carbocycles. The molecule has 0 spiro atoms. The lowest BCUT2D eigenvalue weighted by atomic mass is 9.98. The summed E-state index contributed by atoms with van der Waals surface area (Å²) in [6, 6.07) is 5.73. The van der Waals surface area contributed by atoms with Crippen molar-refractivity contribution in [1.29, 1.82) is 0 Å². The predicted octanol–water partition coefficient (Wildman–Crippen LogP) is 1.96. The van der Waals surface area contributed by atoms with Crippen LogP contribution in [0.4, 0.5) is 5.69 Å². The van der Waals surface area contributed by atoms with Crippen LogP contribution in [0.1, 0.15) is 25.0 Å². The van der Waals surface area contributed by atoms with E-state index in [0.29, 0.717) is 5.92 Å². The molecule has 0 radical (unpaired) electrons. The molecule has 0 unspecified atom stereocenters. The van der Waals surface area contributed by atoms with Crippen LogP contribution in [0.15, 0.2) is 18.2 Å². The van der Waals surface area contributed by atoms with E-state index in [2.05, 4.69) is 13.8 Å². The number of aliphatic hydroxyl groups excluding tert-OH is 1. The summed E-state index contributed by atoms with van der Waals surface area (Å²) >= 11 is 0. The van der Waals surface area contributed by atoms with Crippen LogP contribution >= 0.6 is 0 Å². The summed E-state index contributed by atoms with van der Waals surface area (Å²) in [6.07, 6.45) is 0.996. The minimum Gasteiger partial charge on any atom is -0.399 e. The van der Waals surface area contributed by atoms with Gasteiger partial charge in [-0.25, -0.2) is 0 Å². The summed E-state index contributed by atoms with van der Waals surface area (Å²) < 4.78 is 0. The molecule has 72 valence electrons. The molecule has 0 aliphatic rings. The Kier molecular flexibility index (Phi) is 3.32. The maximum atomic E-state index is 9.10. The van der Waals surface area contributed by atoms with Crippen LogP contribution in [-0.2, 0) is 13.0 Å². The number of nitrogens with two attached hydrogens (primary N) is 1. The summed E-state index contributed by atoms with van der Waals surface area (Å²) in [7, 11) is 0. The van der Waals surface area contributed by atoms with Gasteiger partial charge in [0.2, 0.25) is 0 Å². The van der Waals surface area contributed by atoms with Crippen LogP contribution in [0, 0.1) is 5.92 Å². The average Bonchev–Trinajstić information content (AvgIpc) is 2.07. The second kappa shape index (κ2) is 4.28. The second-order valence-corrected chi connectivity index (χ2v) is 3.78. The Morgan fingerprint density at radius 3 is 2.54 bits per heavy atom. The van der Waals surface area contributed by atoms with E-state index in [9.17, 15) is 0 Å². The van der Waals surface area contributed by atoms with Gasteiger partial charge in [0.05, 0.1) is 6.61 Å². The van der Waals surface area contributed by atoms with Crippen molar-refractivity contribution in [3.05, 3.63) is 29.3 Å². The molecule has 0 fully saturated rings.